The molecule has 1 N–H and O–H groups in total. The third kappa shape index (κ3) is 4.72. The van der Waals surface area contributed by atoms with Crippen molar-refractivity contribution in [2.45, 2.75) is 45.7 Å². The number of rotatable bonds is 8. The van der Waals surface area contributed by atoms with Crippen LogP contribution >= 0.6 is 11.8 Å². The van der Waals surface area contributed by atoms with E-state index in [1.807, 2.05) is 11.8 Å². The third-order valence-corrected chi connectivity index (χ3v) is 3.76. The molecule has 1 heterocycles. The van der Waals surface area contributed by atoms with Crippen molar-refractivity contribution in [1.29, 1.82) is 0 Å². The van der Waals surface area contributed by atoms with E-state index in [4.69, 9.17) is 0 Å². The van der Waals surface area contributed by atoms with Gasteiger partial charge >= 0.3 is 0 Å². The summed E-state index contributed by atoms with van der Waals surface area (Å²) in [6.45, 7) is 7.59. The van der Waals surface area contributed by atoms with Crippen LogP contribution in [0.25, 0.3) is 0 Å². The summed E-state index contributed by atoms with van der Waals surface area (Å²) >= 11 is 1.89. The Morgan fingerprint density at radius 2 is 2.24 bits per heavy atom. The van der Waals surface area contributed by atoms with Crippen LogP contribution in [0.5, 0.6) is 0 Å². The molecule has 0 aliphatic heterocycles. The Bertz CT molecular complexity index is 305. The smallest absolute Gasteiger partial charge is 0.0640 e. The Kier molecular flexibility index (Phi) is 6.66. The van der Waals surface area contributed by atoms with Crippen LogP contribution < -0.4 is 5.32 Å². The molecule has 0 aliphatic rings. The Morgan fingerprint density at radius 3 is 2.82 bits per heavy atom. The van der Waals surface area contributed by atoms with Crippen LogP contribution in [-0.2, 0) is 6.42 Å². The maximum Gasteiger partial charge on any atom is 0.0640 e. The molecule has 98 valence electrons. The summed E-state index contributed by atoms with van der Waals surface area (Å²) in [7, 11) is 0. The second kappa shape index (κ2) is 7.77. The average Bonchev–Trinajstić information content (AvgIpc) is 2.77. The maximum absolute atomic E-state index is 4.65. The Balaban J connectivity index is 2.56. The van der Waals surface area contributed by atoms with E-state index in [1.54, 1.807) is 0 Å². The number of thioether (sulfide) groups is 1. The topological polar surface area (TPSA) is 29.9 Å². The first-order valence-corrected chi connectivity index (χ1v) is 7.86. The van der Waals surface area contributed by atoms with Crippen molar-refractivity contribution in [3.8, 4) is 0 Å². The quantitative estimate of drug-likeness (QED) is 0.774. The van der Waals surface area contributed by atoms with Gasteiger partial charge in [-0.1, -0.05) is 13.8 Å². The van der Waals surface area contributed by atoms with Gasteiger partial charge in [-0.05, 0) is 32.2 Å². The van der Waals surface area contributed by atoms with E-state index in [0.29, 0.717) is 12.1 Å². The standard InChI is InChI=1S/C13H25N3S/c1-5-11(3)16-8-7-12(15-16)9-13(10-17-4)14-6-2/h7-8,11,13-14H,5-6,9-10H2,1-4H3. The van der Waals surface area contributed by atoms with Gasteiger partial charge in [0, 0.05) is 30.5 Å². The molecule has 1 rings (SSSR count). The molecule has 0 spiro atoms. The summed E-state index contributed by atoms with van der Waals surface area (Å²) in [6, 6.07) is 3.19. The summed E-state index contributed by atoms with van der Waals surface area (Å²) in [6.07, 6.45) is 6.41. The molecule has 0 amide bonds. The van der Waals surface area contributed by atoms with Gasteiger partial charge in [0.1, 0.15) is 0 Å². The van der Waals surface area contributed by atoms with Gasteiger partial charge in [-0.15, -0.1) is 0 Å². The van der Waals surface area contributed by atoms with Gasteiger partial charge in [-0.3, -0.25) is 4.68 Å². The number of hydrogen-bond donors (Lipinski definition) is 1. The highest BCUT2D eigenvalue weighted by Crippen LogP contribution is 2.11. The van der Waals surface area contributed by atoms with Crippen LogP contribution in [0.15, 0.2) is 12.3 Å². The zero-order valence-electron chi connectivity index (χ0n) is 11.4. The van der Waals surface area contributed by atoms with E-state index in [-0.39, 0.29) is 0 Å². The van der Waals surface area contributed by atoms with Crippen LogP contribution in [0, 0.1) is 0 Å². The van der Waals surface area contributed by atoms with E-state index in [2.05, 4.69) is 54.4 Å². The highest BCUT2D eigenvalue weighted by molar-refractivity contribution is 7.98. The van der Waals surface area contributed by atoms with Gasteiger partial charge in [-0.25, -0.2) is 0 Å². The van der Waals surface area contributed by atoms with Crippen molar-refractivity contribution in [3.05, 3.63) is 18.0 Å². The minimum atomic E-state index is 0.502. The van der Waals surface area contributed by atoms with Crippen molar-refractivity contribution in [2.75, 3.05) is 18.6 Å². The fraction of sp³-hybridized carbons (Fsp3) is 0.769. The SMILES string of the molecule is CCNC(CSC)Cc1ccn(C(C)CC)n1. The van der Waals surface area contributed by atoms with E-state index in [0.717, 1.165) is 25.1 Å². The predicted molar refractivity (Wildman–Crippen MR) is 76.8 cm³/mol. The lowest BCUT2D eigenvalue weighted by molar-refractivity contribution is 0.469. The van der Waals surface area contributed by atoms with E-state index in [9.17, 15) is 0 Å². The molecule has 3 nitrogen and oxygen atoms in total. The first-order chi connectivity index (χ1) is 8.21. The number of likely N-dealkylation sites (N-methyl/N-ethyl adjacent to an activating group) is 1. The Hall–Kier alpha value is -0.480. The average molecular weight is 255 g/mol. The van der Waals surface area contributed by atoms with E-state index >= 15 is 0 Å². The number of nitrogens with one attached hydrogen (secondary N) is 1. The molecule has 2 unspecified atom stereocenters. The summed E-state index contributed by atoms with van der Waals surface area (Å²) < 4.78 is 2.08. The minimum absolute atomic E-state index is 0.502. The van der Waals surface area contributed by atoms with Crippen molar-refractivity contribution >= 4 is 11.8 Å². The van der Waals surface area contributed by atoms with Crippen LogP contribution in [0.4, 0.5) is 0 Å². The molecule has 2 atom stereocenters. The lowest BCUT2D eigenvalue weighted by Crippen LogP contribution is -2.33. The summed E-state index contributed by atoms with van der Waals surface area (Å²) in [4.78, 5) is 0. The molecule has 0 saturated heterocycles. The van der Waals surface area contributed by atoms with Crippen LogP contribution in [0.3, 0.4) is 0 Å². The molecular formula is C13H25N3S. The second-order valence-electron chi connectivity index (χ2n) is 4.46. The molecule has 1 aromatic rings. The molecule has 0 saturated carbocycles. The van der Waals surface area contributed by atoms with E-state index < -0.39 is 0 Å². The molecule has 17 heavy (non-hydrogen) atoms. The Labute approximate surface area is 109 Å². The van der Waals surface area contributed by atoms with Crippen molar-refractivity contribution < 1.29 is 0 Å². The van der Waals surface area contributed by atoms with Gasteiger partial charge < -0.3 is 5.32 Å². The maximum atomic E-state index is 4.65. The summed E-state index contributed by atoms with van der Waals surface area (Å²) in [5, 5.41) is 8.17. The first kappa shape index (κ1) is 14.6. The molecule has 4 heteroatoms. The fourth-order valence-corrected chi connectivity index (χ4v) is 2.49. The van der Waals surface area contributed by atoms with Crippen molar-refractivity contribution in [1.82, 2.24) is 15.1 Å². The molecule has 0 aliphatic carbocycles. The lowest BCUT2D eigenvalue weighted by Gasteiger charge is -2.15. The van der Waals surface area contributed by atoms with Crippen molar-refractivity contribution in [3.63, 3.8) is 0 Å². The van der Waals surface area contributed by atoms with Gasteiger partial charge in [0.25, 0.3) is 0 Å². The highest BCUT2D eigenvalue weighted by atomic mass is 32.2. The fourth-order valence-electron chi connectivity index (χ4n) is 1.85. The third-order valence-electron chi connectivity index (χ3n) is 3.02. The summed E-state index contributed by atoms with van der Waals surface area (Å²) in [5.41, 5.74) is 1.20. The van der Waals surface area contributed by atoms with Crippen LogP contribution in [0.1, 0.15) is 38.9 Å². The number of hydrogen-bond acceptors (Lipinski definition) is 3. The number of aromatic nitrogens is 2. The van der Waals surface area contributed by atoms with Gasteiger partial charge in [0.2, 0.25) is 0 Å². The van der Waals surface area contributed by atoms with Crippen LogP contribution in [-0.4, -0.2) is 34.4 Å². The highest BCUT2D eigenvalue weighted by Gasteiger charge is 2.11. The molecule has 0 fully saturated rings. The number of nitrogens with zero attached hydrogens (tertiary/aromatic N) is 2. The van der Waals surface area contributed by atoms with Gasteiger partial charge in [0.15, 0.2) is 0 Å². The zero-order valence-corrected chi connectivity index (χ0v) is 12.3. The van der Waals surface area contributed by atoms with Crippen LogP contribution in [0.2, 0.25) is 0 Å². The zero-order chi connectivity index (χ0) is 12.7. The van der Waals surface area contributed by atoms with Gasteiger partial charge in [-0.2, -0.15) is 16.9 Å². The molecule has 0 bridgehead atoms. The molecule has 0 radical (unpaired) electrons. The lowest BCUT2D eigenvalue weighted by atomic mass is 10.2. The first-order valence-electron chi connectivity index (χ1n) is 6.47. The molecular weight excluding hydrogens is 230 g/mol. The summed E-state index contributed by atoms with van der Waals surface area (Å²) in [5.74, 6) is 1.14. The molecule has 1 aromatic heterocycles. The predicted octanol–water partition coefficient (Wildman–Crippen LogP) is 2.74. The molecule has 0 aromatic carbocycles. The van der Waals surface area contributed by atoms with Crippen molar-refractivity contribution in [2.24, 2.45) is 0 Å². The second-order valence-corrected chi connectivity index (χ2v) is 5.37. The van der Waals surface area contributed by atoms with E-state index in [1.165, 1.54) is 5.69 Å². The van der Waals surface area contributed by atoms with Gasteiger partial charge in [0.05, 0.1) is 5.69 Å². The monoisotopic (exact) mass is 255 g/mol. The largest absolute Gasteiger partial charge is 0.313 e. The normalized spacial score (nSPS) is 14.8. The Morgan fingerprint density at radius 1 is 1.47 bits per heavy atom. The minimum Gasteiger partial charge on any atom is -0.313 e.